The van der Waals surface area contributed by atoms with Crippen molar-refractivity contribution in [3.8, 4) is 0 Å². The molecule has 0 saturated carbocycles. The summed E-state index contributed by atoms with van der Waals surface area (Å²) in [5.74, 6) is 0.882. The van der Waals surface area contributed by atoms with Gasteiger partial charge in [-0.2, -0.15) is 5.10 Å². The Kier molecular flexibility index (Phi) is 3.27. The van der Waals surface area contributed by atoms with Gasteiger partial charge in [-0.25, -0.2) is 0 Å². The van der Waals surface area contributed by atoms with Crippen LogP contribution in [0.1, 0.15) is 31.9 Å². The normalized spacial score (nSPS) is 15.6. The first-order valence-electron chi connectivity index (χ1n) is 5.99. The highest BCUT2D eigenvalue weighted by Gasteiger charge is 2.12. The maximum absolute atomic E-state index is 4.48. The number of rotatable bonds is 1. The lowest BCUT2D eigenvalue weighted by Crippen LogP contribution is -2.25. The molecule has 17 heavy (non-hydrogen) atoms. The van der Waals surface area contributed by atoms with E-state index >= 15 is 0 Å². The average molecular weight is 229 g/mol. The van der Waals surface area contributed by atoms with Crippen molar-refractivity contribution in [3.05, 3.63) is 35.4 Å². The van der Waals surface area contributed by atoms with Crippen LogP contribution >= 0.6 is 0 Å². The topological polar surface area (TPSA) is 36.8 Å². The fourth-order valence-electron chi connectivity index (χ4n) is 1.73. The Hall–Kier alpha value is -1.64. The molecule has 1 N–H and O–H groups in total. The molecular weight excluding hydrogens is 210 g/mol. The lowest BCUT2D eigenvalue weighted by Gasteiger charge is -2.16. The second-order valence-electron chi connectivity index (χ2n) is 5.37. The molecule has 1 aliphatic rings. The van der Waals surface area contributed by atoms with Crippen LogP contribution in [0.5, 0.6) is 0 Å². The summed E-state index contributed by atoms with van der Waals surface area (Å²) in [6, 6.07) is 8.35. The van der Waals surface area contributed by atoms with Gasteiger partial charge in [-0.15, -0.1) is 0 Å². The summed E-state index contributed by atoms with van der Waals surface area (Å²) in [5, 5.41) is 4.26. The van der Waals surface area contributed by atoms with Crippen LogP contribution in [0.25, 0.3) is 0 Å². The van der Waals surface area contributed by atoms with Gasteiger partial charge in [-0.1, -0.05) is 45.0 Å². The van der Waals surface area contributed by atoms with Crippen LogP contribution in [0.4, 0.5) is 0 Å². The molecule has 0 amide bonds. The predicted molar refractivity (Wildman–Crippen MR) is 72.6 cm³/mol. The third-order valence-electron chi connectivity index (χ3n) is 2.55. The molecule has 0 aromatic heterocycles. The summed E-state index contributed by atoms with van der Waals surface area (Å²) in [6.45, 7) is 7.20. The summed E-state index contributed by atoms with van der Waals surface area (Å²) in [5.41, 5.74) is 5.65. The molecule has 1 aromatic carbocycles. The van der Waals surface area contributed by atoms with Gasteiger partial charge in [-0.05, 0) is 17.4 Å². The molecule has 1 aromatic rings. The number of nitrogens with one attached hydrogen (secondary N) is 1. The van der Waals surface area contributed by atoms with Gasteiger partial charge in [0.2, 0.25) is 0 Å². The van der Waals surface area contributed by atoms with Crippen LogP contribution in [0, 0.1) is 5.41 Å². The first-order chi connectivity index (χ1) is 8.06. The molecule has 1 heterocycles. The molecule has 0 radical (unpaired) electrons. The highest BCUT2D eigenvalue weighted by atomic mass is 15.3. The van der Waals surface area contributed by atoms with Crippen molar-refractivity contribution >= 4 is 12.1 Å². The van der Waals surface area contributed by atoms with E-state index in [4.69, 9.17) is 0 Å². The van der Waals surface area contributed by atoms with E-state index in [0.717, 1.165) is 18.8 Å². The zero-order valence-electron chi connectivity index (χ0n) is 10.7. The Balaban J connectivity index is 2.13. The van der Waals surface area contributed by atoms with Crippen LogP contribution < -0.4 is 5.43 Å². The Bertz CT molecular complexity index is 453. The minimum absolute atomic E-state index is 0.0851. The molecule has 3 nitrogen and oxygen atoms in total. The lowest BCUT2D eigenvalue weighted by atomic mass is 9.99. The molecule has 90 valence electrons. The van der Waals surface area contributed by atoms with Gasteiger partial charge in [0.25, 0.3) is 0 Å². The van der Waals surface area contributed by atoms with Gasteiger partial charge < -0.3 is 0 Å². The van der Waals surface area contributed by atoms with Gasteiger partial charge in [0.1, 0.15) is 5.84 Å². The van der Waals surface area contributed by atoms with E-state index in [1.54, 1.807) is 0 Å². The maximum Gasteiger partial charge on any atom is 0.149 e. The van der Waals surface area contributed by atoms with E-state index in [0.29, 0.717) is 0 Å². The summed E-state index contributed by atoms with van der Waals surface area (Å²) >= 11 is 0. The SMILES string of the molecule is CC(C)(C)C=NNC1=NCCc2ccccc21. The number of fused-ring (bicyclic) bond motifs is 1. The number of hydrazone groups is 1. The van der Waals surface area contributed by atoms with Crippen molar-refractivity contribution in [2.24, 2.45) is 15.5 Å². The van der Waals surface area contributed by atoms with Gasteiger partial charge in [0.15, 0.2) is 0 Å². The Morgan fingerprint density at radius 1 is 1.29 bits per heavy atom. The zero-order chi connectivity index (χ0) is 12.3. The molecular formula is C14H19N3. The number of nitrogens with zero attached hydrogens (tertiary/aromatic N) is 2. The van der Waals surface area contributed by atoms with Gasteiger partial charge >= 0.3 is 0 Å². The fourth-order valence-corrected chi connectivity index (χ4v) is 1.73. The molecule has 0 fully saturated rings. The Labute approximate surface area is 103 Å². The quantitative estimate of drug-likeness (QED) is 0.583. The van der Waals surface area contributed by atoms with Crippen LogP contribution in [0.3, 0.4) is 0 Å². The lowest BCUT2D eigenvalue weighted by molar-refractivity contribution is 0.602. The summed E-state index contributed by atoms with van der Waals surface area (Å²) in [4.78, 5) is 4.48. The van der Waals surface area contributed by atoms with Crippen molar-refractivity contribution in [1.29, 1.82) is 0 Å². The van der Waals surface area contributed by atoms with E-state index in [1.165, 1.54) is 11.1 Å². The van der Waals surface area contributed by atoms with E-state index in [9.17, 15) is 0 Å². The monoisotopic (exact) mass is 229 g/mol. The molecule has 0 unspecified atom stereocenters. The highest BCUT2D eigenvalue weighted by Crippen LogP contribution is 2.14. The number of hydrogen-bond acceptors (Lipinski definition) is 3. The standard InChI is InChI=1S/C14H19N3/c1-14(2,3)10-16-17-13-12-7-5-4-6-11(12)8-9-15-13/h4-7,10H,8-9H2,1-3H3,(H,15,17). The first-order valence-corrected chi connectivity index (χ1v) is 5.99. The summed E-state index contributed by atoms with van der Waals surface area (Å²) in [7, 11) is 0. The van der Waals surface area contributed by atoms with Crippen LogP contribution in [-0.2, 0) is 6.42 Å². The molecule has 0 atom stereocenters. The molecule has 0 aliphatic carbocycles. The van der Waals surface area contributed by atoms with Crippen molar-refractivity contribution in [2.45, 2.75) is 27.2 Å². The van der Waals surface area contributed by atoms with E-state index in [2.05, 4.69) is 54.5 Å². The number of hydrogen-bond donors (Lipinski definition) is 1. The third-order valence-corrected chi connectivity index (χ3v) is 2.55. The third kappa shape index (κ3) is 3.16. The molecule has 2 rings (SSSR count). The first kappa shape index (κ1) is 11.8. The highest BCUT2D eigenvalue weighted by molar-refractivity contribution is 6.00. The molecule has 0 saturated heterocycles. The number of benzene rings is 1. The van der Waals surface area contributed by atoms with Crippen molar-refractivity contribution in [1.82, 2.24) is 5.43 Å². The van der Waals surface area contributed by atoms with Crippen LogP contribution in [0.2, 0.25) is 0 Å². The van der Waals surface area contributed by atoms with E-state index < -0.39 is 0 Å². The van der Waals surface area contributed by atoms with Crippen LogP contribution in [0.15, 0.2) is 34.4 Å². The Morgan fingerprint density at radius 2 is 2.06 bits per heavy atom. The molecule has 0 bridgehead atoms. The summed E-state index contributed by atoms with van der Waals surface area (Å²) in [6.07, 6.45) is 2.93. The summed E-state index contributed by atoms with van der Waals surface area (Å²) < 4.78 is 0. The van der Waals surface area contributed by atoms with Crippen molar-refractivity contribution in [2.75, 3.05) is 6.54 Å². The largest absolute Gasteiger partial charge is 0.266 e. The minimum Gasteiger partial charge on any atom is -0.266 e. The second-order valence-corrected chi connectivity index (χ2v) is 5.37. The molecule has 1 aliphatic heterocycles. The maximum atomic E-state index is 4.48. The van der Waals surface area contributed by atoms with Gasteiger partial charge in [-0.3, -0.25) is 10.4 Å². The number of amidine groups is 1. The van der Waals surface area contributed by atoms with Gasteiger partial charge in [0, 0.05) is 18.3 Å². The zero-order valence-corrected chi connectivity index (χ0v) is 10.7. The Morgan fingerprint density at radius 3 is 2.82 bits per heavy atom. The van der Waals surface area contributed by atoms with Crippen LogP contribution in [-0.4, -0.2) is 18.6 Å². The second kappa shape index (κ2) is 4.70. The number of aliphatic imine (C=N–C) groups is 1. The average Bonchev–Trinajstić information content (AvgIpc) is 2.28. The predicted octanol–water partition coefficient (Wildman–Crippen LogP) is 2.61. The van der Waals surface area contributed by atoms with Crippen molar-refractivity contribution in [3.63, 3.8) is 0 Å². The molecule has 3 heteroatoms. The fraction of sp³-hybridized carbons (Fsp3) is 0.429. The smallest absolute Gasteiger partial charge is 0.149 e. The van der Waals surface area contributed by atoms with Crippen molar-refractivity contribution < 1.29 is 0 Å². The van der Waals surface area contributed by atoms with E-state index in [-0.39, 0.29) is 5.41 Å². The molecule has 0 spiro atoms. The van der Waals surface area contributed by atoms with Gasteiger partial charge in [0.05, 0.1) is 0 Å². The van der Waals surface area contributed by atoms with E-state index in [1.807, 2.05) is 12.3 Å². The minimum atomic E-state index is 0.0851.